The van der Waals surface area contributed by atoms with Gasteiger partial charge in [-0.25, -0.2) is 0 Å². The molecular weight excluding hydrogens is 193 g/mol. The molecule has 80 valence electrons. The van der Waals surface area contributed by atoms with Crippen molar-refractivity contribution >= 4 is 0 Å². The van der Waals surface area contributed by atoms with Crippen LogP contribution in [-0.4, -0.2) is 16.0 Å². The molecule has 1 aromatic heterocycles. The fourth-order valence-electron chi connectivity index (χ4n) is 1.21. The Morgan fingerprint density at radius 2 is 1.93 bits per heavy atom. The molecule has 14 heavy (non-hydrogen) atoms. The minimum Gasteiger partial charge on any atom is -0.273 e. The Balaban J connectivity index is 2.00. The Labute approximate surface area is 80.7 Å². The topological polar surface area (TPSA) is 17.8 Å². The van der Waals surface area contributed by atoms with Crippen molar-refractivity contribution in [1.82, 2.24) is 9.78 Å². The first-order valence-electron chi connectivity index (χ1n) is 4.62. The van der Waals surface area contributed by atoms with Gasteiger partial charge in [0.05, 0.1) is 0 Å². The summed E-state index contributed by atoms with van der Waals surface area (Å²) in [5, 5.41) is 3.96. The van der Waals surface area contributed by atoms with E-state index < -0.39 is 12.6 Å². The lowest BCUT2D eigenvalue weighted by Gasteiger charge is -2.05. The Morgan fingerprint density at radius 1 is 1.14 bits per heavy atom. The van der Waals surface area contributed by atoms with Gasteiger partial charge in [0, 0.05) is 25.4 Å². The molecule has 0 aliphatic rings. The largest absolute Gasteiger partial charge is 0.389 e. The molecule has 1 aromatic rings. The van der Waals surface area contributed by atoms with E-state index in [9.17, 15) is 13.2 Å². The fourth-order valence-corrected chi connectivity index (χ4v) is 1.21. The first kappa shape index (κ1) is 11.1. The molecule has 0 atom stereocenters. The van der Waals surface area contributed by atoms with E-state index in [-0.39, 0.29) is 6.42 Å². The van der Waals surface area contributed by atoms with Crippen molar-refractivity contribution in [3.8, 4) is 0 Å². The summed E-state index contributed by atoms with van der Waals surface area (Å²) in [7, 11) is 0. The van der Waals surface area contributed by atoms with E-state index in [1.54, 1.807) is 16.9 Å². The van der Waals surface area contributed by atoms with Gasteiger partial charge >= 0.3 is 6.18 Å². The van der Waals surface area contributed by atoms with Crippen LogP contribution in [0.2, 0.25) is 0 Å². The molecule has 5 heteroatoms. The maximum Gasteiger partial charge on any atom is 0.389 e. The molecule has 0 saturated carbocycles. The van der Waals surface area contributed by atoms with Crippen LogP contribution in [0.3, 0.4) is 0 Å². The molecular formula is C9H13F3N2. The summed E-state index contributed by atoms with van der Waals surface area (Å²) < 4.78 is 36.9. The van der Waals surface area contributed by atoms with E-state index in [0.29, 0.717) is 13.0 Å². The second kappa shape index (κ2) is 5.02. The van der Waals surface area contributed by atoms with Gasteiger partial charge in [-0.15, -0.1) is 0 Å². The first-order chi connectivity index (χ1) is 6.58. The second-order valence-electron chi connectivity index (χ2n) is 3.19. The van der Waals surface area contributed by atoms with Crippen molar-refractivity contribution < 1.29 is 13.2 Å². The summed E-state index contributed by atoms with van der Waals surface area (Å²) in [6.45, 7) is 0.699. The van der Waals surface area contributed by atoms with Crippen LogP contribution in [-0.2, 0) is 6.54 Å². The number of unbranched alkanes of at least 4 members (excludes halogenated alkanes) is 2. The third-order valence-corrected chi connectivity index (χ3v) is 1.91. The van der Waals surface area contributed by atoms with Crippen LogP contribution in [0.4, 0.5) is 13.2 Å². The summed E-state index contributed by atoms with van der Waals surface area (Å²) in [5.41, 5.74) is 0. The van der Waals surface area contributed by atoms with Crippen molar-refractivity contribution in [2.75, 3.05) is 0 Å². The number of halogens is 3. The van der Waals surface area contributed by atoms with Gasteiger partial charge in [-0.05, 0) is 18.9 Å². The predicted octanol–water partition coefficient (Wildman–Crippen LogP) is 3.01. The summed E-state index contributed by atoms with van der Waals surface area (Å²) in [6.07, 6.45) is 0.346. The van der Waals surface area contributed by atoms with E-state index in [4.69, 9.17) is 0 Å². The Hall–Kier alpha value is -1.00. The van der Waals surface area contributed by atoms with Gasteiger partial charge < -0.3 is 0 Å². The maximum absolute atomic E-state index is 11.7. The second-order valence-corrected chi connectivity index (χ2v) is 3.19. The number of aromatic nitrogens is 2. The molecule has 0 aliphatic heterocycles. The lowest BCUT2D eigenvalue weighted by Crippen LogP contribution is -2.06. The highest BCUT2D eigenvalue weighted by molar-refractivity contribution is 4.77. The van der Waals surface area contributed by atoms with Gasteiger partial charge in [0.2, 0.25) is 0 Å². The summed E-state index contributed by atoms with van der Waals surface area (Å²) in [4.78, 5) is 0. The molecule has 0 unspecified atom stereocenters. The monoisotopic (exact) mass is 206 g/mol. The van der Waals surface area contributed by atoms with Crippen LogP contribution in [0, 0.1) is 0 Å². The smallest absolute Gasteiger partial charge is 0.273 e. The van der Waals surface area contributed by atoms with Gasteiger partial charge in [0.25, 0.3) is 0 Å². The molecule has 1 heterocycles. The predicted molar refractivity (Wildman–Crippen MR) is 46.8 cm³/mol. The highest BCUT2D eigenvalue weighted by Gasteiger charge is 2.25. The van der Waals surface area contributed by atoms with Crippen LogP contribution >= 0.6 is 0 Å². The molecule has 0 spiro atoms. The average molecular weight is 206 g/mol. The molecule has 1 rings (SSSR count). The van der Waals surface area contributed by atoms with Crippen molar-refractivity contribution in [2.24, 2.45) is 0 Å². The van der Waals surface area contributed by atoms with Crippen LogP contribution in [0.5, 0.6) is 0 Å². The molecule has 0 radical (unpaired) electrons. The number of alkyl halides is 3. The third kappa shape index (κ3) is 4.89. The highest BCUT2D eigenvalue weighted by atomic mass is 19.4. The van der Waals surface area contributed by atoms with Crippen molar-refractivity contribution in [3.63, 3.8) is 0 Å². The minimum atomic E-state index is -4.01. The molecule has 0 bridgehead atoms. The normalized spacial score (nSPS) is 11.9. The zero-order chi connectivity index (χ0) is 10.4. The Bertz CT molecular complexity index is 241. The van der Waals surface area contributed by atoms with Gasteiger partial charge in [-0.2, -0.15) is 18.3 Å². The zero-order valence-electron chi connectivity index (χ0n) is 7.80. The first-order valence-corrected chi connectivity index (χ1v) is 4.62. The molecule has 0 fully saturated rings. The van der Waals surface area contributed by atoms with Gasteiger partial charge in [0.1, 0.15) is 0 Å². The molecule has 0 aliphatic carbocycles. The lowest BCUT2D eigenvalue weighted by atomic mass is 10.2. The molecule has 0 aromatic carbocycles. The van der Waals surface area contributed by atoms with Gasteiger partial charge in [0.15, 0.2) is 0 Å². The van der Waals surface area contributed by atoms with E-state index in [2.05, 4.69) is 5.10 Å². The van der Waals surface area contributed by atoms with Gasteiger partial charge in [-0.3, -0.25) is 4.68 Å². The van der Waals surface area contributed by atoms with Crippen LogP contribution in [0.25, 0.3) is 0 Å². The van der Waals surface area contributed by atoms with Crippen molar-refractivity contribution in [1.29, 1.82) is 0 Å². The summed E-state index contributed by atoms with van der Waals surface area (Å²) >= 11 is 0. The number of hydrogen-bond acceptors (Lipinski definition) is 1. The van der Waals surface area contributed by atoms with Crippen LogP contribution < -0.4 is 0 Å². The molecule has 2 nitrogen and oxygen atoms in total. The quantitative estimate of drug-likeness (QED) is 0.677. The Morgan fingerprint density at radius 3 is 2.50 bits per heavy atom. The molecule has 0 amide bonds. The standard InChI is InChI=1S/C9H13F3N2/c10-9(11,12)5-2-1-3-7-14-8-4-6-13-14/h4,6,8H,1-3,5,7H2. The van der Waals surface area contributed by atoms with E-state index in [1.807, 2.05) is 6.20 Å². The Kier molecular flexibility index (Phi) is 3.98. The minimum absolute atomic E-state index is 0.213. The molecule has 0 N–H and O–H groups in total. The number of rotatable bonds is 5. The summed E-state index contributed by atoms with van der Waals surface area (Å²) in [6, 6.07) is 1.80. The molecule has 0 saturated heterocycles. The SMILES string of the molecule is FC(F)(F)CCCCCn1cccn1. The van der Waals surface area contributed by atoms with E-state index in [1.165, 1.54) is 0 Å². The lowest BCUT2D eigenvalue weighted by molar-refractivity contribution is -0.135. The fraction of sp³-hybridized carbons (Fsp3) is 0.667. The van der Waals surface area contributed by atoms with E-state index in [0.717, 1.165) is 6.42 Å². The average Bonchev–Trinajstić information content (AvgIpc) is 2.54. The van der Waals surface area contributed by atoms with Gasteiger partial charge in [-0.1, -0.05) is 6.42 Å². The third-order valence-electron chi connectivity index (χ3n) is 1.91. The maximum atomic E-state index is 11.7. The zero-order valence-corrected chi connectivity index (χ0v) is 7.80. The summed E-state index contributed by atoms with van der Waals surface area (Å²) in [5.74, 6) is 0. The van der Waals surface area contributed by atoms with Crippen molar-refractivity contribution in [2.45, 2.75) is 38.4 Å². The number of nitrogens with zero attached hydrogens (tertiary/aromatic N) is 2. The van der Waals surface area contributed by atoms with Crippen LogP contribution in [0.15, 0.2) is 18.5 Å². The van der Waals surface area contributed by atoms with E-state index >= 15 is 0 Å². The van der Waals surface area contributed by atoms with Crippen molar-refractivity contribution in [3.05, 3.63) is 18.5 Å². The van der Waals surface area contributed by atoms with Crippen LogP contribution in [0.1, 0.15) is 25.7 Å². The highest BCUT2D eigenvalue weighted by Crippen LogP contribution is 2.22. The number of aryl methyl sites for hydroxylation is 1. The number of hydrogen-bond donors (Lipinski definition) is 0.